The van der Waals surface area contributed by atoms with Gasteiger partial charge in [0.1, 0.15) is 0 Å². The summed E-state index contributed by atoms with van der Waals surface area (Å²) in [5.74, 6) is -2.29. The van der Waals surface area contributed by atoms with E-state index < -0.39 is 11.9 Å². The Bertz CT molecular complexity index is 549. The van der Waals surface area contributed by atoms with Gasteiger partial charge < -0.3 is 10.2 Å². The molecule has 4 heteroatoms. The largest absolute Gasteiger partial charge is 0.478 e. The van der Waals surface area contributed by atoms with Crippen molar-refractivity contribution in [2.75, 3.05) is 0 Å². The van der Waals surface area contributed by atoms with Crippen molar-refractivity contribution in [3.63, 3.8) is 0 Å². The molecule has 1 aromatic rings. The van der Waals surface area contributed by atoms with Gasteiger partial charge in [-0.3, -0.25) is 0 Å². The summed E-state index contributed by atoms with van der Waals surface area (Å²) in [5, 5.41) is 18.8. The molecule has 0 aliphatic rings. The monoisotopic (exact) mass is 320 g/mol. The molecule has 1 rings (SSSR count). The van der Waals surface area contributed by atoms with Crippen LogP contribution in [-0.4, -0.2) is 22.2 Å². The maximum Gasteiger partial charge on any atom is 0.336 e. The van der Waals surface area contributed by atoms with Crippen molar-refractivity contribution >= 4 is 11.9 Å². The van der Waals surface area contributed by atoms with E-state index in [1.807, 2.05) is 13.8 Å². The van der Waals surface area contributed by atoms with Gasteiger partial charge in [0, 0.05) is 0 Å². The zero-order chi connectivity index (χ0) is 17.4. The zero-order valence-electron chi connectivity index (χ0n) is 14.4. The molecule has 1 aromatic carbocycles. The summed E-state index contributed by atoms with van der Waals surface area (Å²) < 4.78 is 0. The van der Waals surface area contributed by atoms with Crippen LogP contribution in [0.3, 0.4) is 0 Å². The number of hydrogen-bond donors (Lipinski definition) is 2. The van der Waals surface area contributed by atoms with Gasteiger partial charge in [-0.25, -0.2) is 9.59 Å². The van der Waals surface area contributed by atoms with Crippen molar-refractivity contribution in [1.82, 2.24) is 0 Å². The molecule has 0 saturated heterocycles. The van der Waals surface area contributed by atoms with Crippen LogP contribution in [0.2, 0.25) is 0 Å². The normalized spacial score (nSPS) is 12.1. The highest BCUT2D eigenvalue weighted by Gasteiger charge is 2.25. The first-order valence-electron chi connectivity index (χ1n) is 8.56. The summed E-state index contributed by atoms with van der Waals surface area (Å²) in [4.78, 5) is 23.0. The third kappa shape index (κ3) is 5.08. The van der Waals surface area contributed by atoms with Crippen molar-refractivity contribution in [2.24, 2.45) is 0 Å². The lowest BCUT2D eigenvalue weighted by Gasteiger charge is -2.19. The van der Waals surface area contributed by atoms with Gasteiger partial charge in [0.15, 0.2) is 0 Å². The lowest BCUT2D eigenvalue weighted by molar-refractivity contribution is 0.0650. The Balaban J connectivity index is 3.17. The molecule has 0 heterocycles. The fourth-order valence-corrected chi connectivity index (χ4v) is 2.98. The quantitative estimate of drug-likeness (QED) is 0.587. The lowest BCUT2D eigenvalue weighted by Crippen LogP contribution is -2.15. The number of aromatic carboxylic acids is 2. The number of hydrogen-bond acceptors (Lipinski definition) is 2. The molecule has 0 bridgehead atoms. The van der Waals surface area contributed by atoms with Crippen LogP contribution in [0, 0.1) is 0 Å². The van der Waals surface area contributed by atoms with E-state index in [-0.39, 0.29) is 17.0 Å². The highest BCUT2D eigenvalue weighted by molar-refractivity contribution is 6.03. The second kappa shape index (κ2) is 9.33. The zero-order valence-corrected chi connectivity index (χ0v) is 14.4. The van der Waals surface area contributed by atoms with Gasteiger partial charge in [0.05, 0.1) is 11.1 Å². The van der Waals surface area contributed by atoms with Crippen LogP contribution in [0.25, 0.3) is 0 Å². The molecule has 0 spiro atoms. The molecule has 0 saturated carbocycles. The fraction of sp³-hybridized carbons (Fsp3) is 0.579. The van der Waals surface area contributed by atoms with Crippen LogP contribution in [-0.2, 0) is 6.42 Å². The number of carboxylic acid groups (broad SMARTS) is 2. The van der Waals surface area contributed by atoms with E-state index in [2.05, 4.69) is 6.92 Å². The SMILES string of the molecule is CCCCCCCc1ccc(C(=O)O)c(C(=O)O)c1C(C)CC. The molecular weight excluding hydrogens is 292 g/mol. The van der Waals surface area contributed by atoms with Crippen LogP contribution in [0.5, 0.6) is 0 Å². The first-order chi connectivity index (χ1) is 10.9. The van der Waals surface area contributed by atoms with Crippen LogP contribution >= 0.6 is 0 Å². The summed E-state index contributed by atoms with van der Waals surface area (Å²) in [6.45, 7) is 6.13. The van der Waals surface area contributed by atoms with Gasteiger partial charge in [-0.05, 0) is 42.4 Å². The van der Waals surface area contributed by atoms with Crippen molar-refractivity contribution in [3.8, 4) is 0 Å². The maximum absolute atomic E-state index is 11.7. The Kier molecular flexibility index (Phi) is 7.79. The van der Waals surface area contributed by atoms with Crippen molar-refractivity contribution < 1.29 is 19.8 Å². The van der Waals surface area contributed by atoms with E-state index in [0.29, 0.717) is 5.56 Å². The summed E-state index contributed by atoms with van der Waals surface area (Å²) in [5.41, 5.74) is 1.55. The fourth-order valence-electron chi connectivity index (χ4n) is 2.98. The Morgan fingerprint density at radius 3 is 2.17 bits per heavy atom. The molecule has 4 nitrogen and oxygen atoms in total. The average molecular weight is 320 g/mol. The Morgan fingerprint density at radius 1 is 1.00 bits per heavy atom. The van der Waals surface area contributed by atoms with Gasteiger partial charge in [-0.2, -0.15) is 0 Å². The van der Waals surface area contributed by atoms with E-state index in [1.165, 1.54) is 25.3 Å². The molecule has 0 aromatic heterocycles. The third-order valence-electron chi connectivity index (χ3n) is 4.43. The second-order valence-corrected chi connectivity index (χ2v) is 6.14. The van der Waals surface area contributed by atoms with Crippen molar-refractivity contribution in [1.29, 1.82) is 0 Å². The third-order valence-corrected chi connectivity index (χ3v) is 4.43. The van der Waals surface area contributed by atoms with Crippen LogP contribution in [0.4, 0.5) is 0 Å². The molecule has 1 unspecified atom stereocenters. The van der Waals surface area contributed by atoms with E-state index >= 15 is 0 Å². The molecule has 128 valence electrons. The summed E-state index contributed by atoms with van der Waals surface area (Å²) in [7, 11) is 0. The van der Waals surface area contributed by atoms with Gasteiger partial charge >= 0.3 is 11.9 Å². The minimum absolute atomic E-state index is 0.0297. The van der Waals surface area contributed by atoms with Crippen LogP contribution in [0.15, 0.2) is 12.1 Å². The summed E-state index contributed by atoms with van der Waals surface area (Å²) >= 11 is 0. The minimum atomic E-state index is -1.18. The van der Waals surface area contributed by atoms with E-state index in [1.54, 1.807) is 6.07 Å². The first-order valence-corrected chi connectivity index (χ1v) is 8.56. The Hall–Kier alpha value is -1.84. The number of unbranched alkanes of at least 4 members (excludes halogenated alkanes) is 4. The lowest BCUT2D eigenvalue weighted by atomic mass is 9.84. The standard InChI is InChI=1S/C19H28O4/c1-4-6-7-8-9-10-14-11-12-15(18(20)21)17(19(22)23)16(14)13(3)5-2/h11-13H,4-10H2,1-3H3,(H,20,21)(H,22,23). The second-order valence-electron chi connectivity index (χ2n) is 6.14. The van der Waals surface area contributed by atoms with Crippen molar-refractivity contribution in [2.45, 2.75) is 71.6 Å². The van der Waals surface area contributed by atoms with Gasteiger partial charge in [0.2, 0.25) is 0 Å². The highest BCUT2D eigenvalue weighted by Crippen LogP contribution is 2.30. The Morgan fingerprint density at radius 2 is 1.65 bits per heavy atom. The first kappa shape index (κ1) is 19.2. The molecule has 0 aliphatic carbocycles. The molecule has 0 fully saturated rings. The number of carbonyl (C=O) groups is 2. The molecule has 2 N–H and O–H groups in total. The predicted octanol–water partition coefficient (Wildman–Crippen LogP) is 5.11. The Labute approximate surface area is 138 Å². The average Bonchev–Trinajstić information content (AvgIpc) is 2.52. The molecule has 1 atom stereocenters. The topological polar surface area (TPSA) is 74.6 Å². The molecule has 0 radical (unpaired) electrons. The molecule has 0 amide bonds. The highest BCUT2D eigenvalue weighted by atomic mass is 16.4. The molecule has 0 aliphatic heterocycles. The van der Waals surface area contributed by atoms with Gasteiger partial charge in [-0.1, -0.05) is 52.5 Å². The van der Waals surface area contributed by atoms with Gasteiger partial charge in [-0.15, -0.1) is 0 Å². The van der Waals surface area contributed by atoms with E-state index in [0.717, 1.165) is 31.2 Å². The number of carboxylic acids is 2. The molecule has 23 heavy (non-hydrogen) atoms. The van der Waals surface area contributed by atoms with Crippen LogP contribution in [0.1, 0.15) is 97.1 Å². The predicted molar refractivity (Wildman–Crippen MR) is 91.5 cm³/mol. The van der Waals surface area contributed by atoms with Crippen LogP contribution < -0.4 is 0 Å². The van der Waals surface area contributed by atoms with E-state index in [4.69, 9.17) is 0 Å². The minimum Gasteiger partial charge on any atom is -0.478 e. The van der Waals surface area contributed by atoms with Gasteiger partial charge in [0.25, 0.3) is 0 Å². The van der Waals surface area contributed by atoms with E-state index in [9.17, 15) is 19.8 Å². The smallest absolute Gasteiger partial charge is 0.336 e. The summed E-state index contributed by atoms with van der Waals surface area (Å²) in [6.07, 6.45) is 7.32. The summed E-state index contributed by atoms with van der Waals surface area (Å²) in [6, 6.07) is 3.25. The van der Waals surface area contributed by atoms with Crippen molar-refractivity contribution in [3.05, 3.63) is 34.4 Å². The molecular formula is C19H28O4. The maximum atomic E-state index is 11.7. The number of aryl methyl sites for hydroxylation is 1. The number of benzene rings is 1. The number of rotatable bonds is 10.